The summed E-state index contributed by atoms with van der Waals surface area (Å²) in [7, 11) is -1.67. The second kappa shape index (κ2) is 5.86. The van der Waals surface area contributed by atoms with Crippen molar-refractivity contribution < 1.29 is 52.7 Å². The Labute approximate surface area is 119 Å². The molecule has 0 aliphatic rings. The van der Waals surface area contributed by atoms with Crippen molar-refractivity contribution in [1.82, 2.24) is 0 Å². The van der Waals surface area contributed by atoms with Crippen molar-refractivity contribution >= 4 is 10.9 Å². The molecule has 0 amide bonds. The zero-order valence-electron chi connectivity index (χ0n) is 10.7. The van der Waals surface area contributed by atoms with Crippen LogP contribution in [-0.4, -0.2) is 54.3 Å². The Kier molecular flexibility index (Phi) is 5.73. The Bertz CT molecular complexity index is 388. The van der Waals surface area contributed by atoms with Gasteiger partial charge in [-0.05, 0) is 12.5 Å². The van der Waals surface area contributed by atoms with Gasteiger partial charge in [0.1, 0.15) is 0 Å². The smallest absolute Gasteiger partial charge is 0.209 e. The molecule has 135 valence electrons. The van der Waals surface area contributed by atoms with E-state index >= 15 is 0 Å². The van der Waals surface area contributed by atoms with Gasteiger partial charge in [-0.15, -0.1) is 0 Å². The quantitative estimate of drug-likeness (QED) is 0.551. The van der Waals surface area contributed by atoms with Gasteiger partial charge in [-0.3, -0.25) is 0 Å². The van der Waals surface area contributed by atoms with Crippen molar-refractivity contribution in [3.63, 3.8) is 0 Å². The van der Waals surface area contributed by atoms with Crippen LogP contribution in [0.25, 0.3) is 0 Å². The fraction of sp³-hybridized carbons (Fsp3) is 1.00. The molecule has 0 saturated heterocycles. The Hall–Kier alpha value is -0.490. The number of alkyl halides is 12. The van der Waals surface area contributed by atoms with Crippen molar-refractivity contribution in [1.29, 1.82) is 0 Å². The minimum Gasteiger partial charge on any atom is -0.209 e. The summed E-state index contributed by atoms with van der Waals surface area (Å²) in [5.41, 5.74) is 0. The first-order valence-corrected chi connectivity index (χ1v) is 7.28. The third-order valence-corrected chi connectivity index (χ3v) is 3.35. The summed E-state index contributed by atoms with van der Waals surface area (Å²) in [5, 5.41) is 0. The minimum absolute atomic E-state index is 0.869. The standard InChI is InChI=1S/C9H9F12S/c1-22(2)3-5(12,13)7(16,17)9(20,21)8(18,19)6(14,15)4(10)11/h4H,3H2,1-2H3. The molecule has 0 heterocycles. The maximum absolute atomic E-state index is 13.1. The number of hydrogen-bond donors (Lipinski definition) is 0. The highest BCUT2D eigenvalue weighted by Gasteiger charge is 2.87. The largest absolute Gasteiger partial charge is 0.384 e. The second-order valence-corrected chi connectivity index (χ2v) is 6.74. The lowest BCUT2D eigenvalue weighted by Crippen LogP contribution is -2.69. The lowest BCUT2D eigenvalue weighted by atomic mass is 9.95. The molecule has 0 aliphatic heterocycles. The van der Waals surface area contributed by atoms with Crippen LogP contribution < -0.4 is 0 Å². The van der Waals surface area contributed by atoms with Crippen LogP contribution in [0.1, 0.15) is 0 Å². The summed E-state index contributed by atoms with van der Waals surface area (Å²) < 4.78 is 152. The third-order valence-electron chi connectivity index (χ3n) is 2.41. The highest BCUT2D eigenvalue weighted by Crippen LogP contribution is 2.58. The molecule has 0 nitrogen and oxygen atoms in total. The molecule has 0 spiro atoms. The summed E-state index contributed by atoms with van der Waals surface area (Å²) in [4.78, 5) is 0. The molecule has 0 rings (SSSR count). The lowest BCUT2D eigenvalue weighted by Gasteiger charge is -2.39. The van der Waals surface area contributed by atoms with Gasteiger partial charge in [0.15, 0.2) is 0 Å². The monoisotopic (exact) mass is 377 g/mol. The molecule has 1 radical (unpaired) electrons. The van der Waals surface area contributed by atoms with Gasteiger partial charge < -0.3 is 0 Å². The Morgan fingerprint density at radius 3 is 1.32 bits per heavy atom. The fourth-order valence-corrected chi connectivity index (χ4v) is 2.13. The Morgan fingerprint density at radius 1 is 0.682 bits per heavy atom. The van der Waals surface area contributed by atoms with Gasteiger partial charge in [0.25, 0.3) is 0 Å². The lowest BCUT2D eigenvalue weighted by molar-refractivity contribution is -0.409. The molecular weight excluding hydrogens is 368 g/mol. The molecule has 0 atom stereocenters. The van der Waals surface area contributed by atoms with E-state index in [1.165, 1.54) is 0 Å². The van der Waals surface area contributed by atoms with E-state index in [1.807, 2.05) is 0 Å². The van der Waals surface area contributed by atoms with E-state index < -0.39 is 52.7 Å². The Balaban J connectivity index is 5.99. The van der Waals surface area contributed by atoms with Gasteiger partial charge in [0.05, 0.1) is 5.75 Å². The molecular formula is C9H9F12S. The van der Waals surface area contributed by atoms with Gasteiger partial charge in [0.2, 0.25) is 0 Å². The molecule has 0 aliphatic carbocycles. The fourth-order valence-electron chi connectivity index (χ4n) is 1.23. The van der Waals surface area contributed by atoms with Crippen LogP contribution in [0.4, 0.5) is 52.7 Å². The number of halogens is 12. The predicted molar refractivity (Wildman–Crippen MR) is 55.0 cm³/mol. The average molecular weight is 377 g/mol. The van der Waals surface area contributed by atoms with Crippen molar-refractivity contribution in [2.45, 2.75) is 36.0 Å². The third kappa shape index (κ3) is 3.09. The highest BCUT2D eigenvalue weighted by atomic mass is 32.2. The van der Waals surface area contributed by atoms with Crippen LogP contribution in [0.5, 0.6) is 0 Å². The van der Waals surface area contributed by atoms with Crippen LogP contribution in [0.3, 0.4) is 0 Å². The van der Waals surface area contributed by atoms with Crippen molar-refractivity contribution in [2.75, 3.05) is 18.3 Å². The van der Waals surface area contributed by atoms with Crippen molar-refractivity contribution in [3.05, 3.63) is 0 Å². The normalized spacial score (nSPS) is 15.8. The SMILES string of the molecule is C[S](C)CC(F)(F)C(F)(F)C(F)(F)C(F)(F)C(F)(F)C(F)F. The number of rotatable bonds is 7. The van der Waals surface area contributed by atoms with E-state index in [0.29, 0.717) is 0 Å². The highest BCUT2D eigenvalue weighted by molar-refractivity contribution is 8.15. The molecule has 0 N–H and O–H groups in total. The van der Waals surface area contributed by atoms with E-state index in [-0.39, 0.29) is 0 Å². The van der Waals surface area contributed by atoms with Gasteiger partial charge in [-0.25, -0.2) is 19.7 Å². The maximum atomic E-state index is 13.1. The number of hydrogen-bond acceptors (Lipinski definition) is 0. The van der Waals surface area contributed by atoms with E-state index in [2.05, 4.69) is 0 Å². The summed E-state index contributed by atoms with van der Waals surface area (Å²) in [6, 6.07) is 0. The van der Waals surface area contributed by atoms with Gasteiger partial charge >= 0.3 is 36.0 Å². The first-order chi connectivity index (χ1) is 9.36. The van der Waals surface area contributed by atoms with Crippen LogP contribution in [-0.2, 0) is 0 Å². The summed E-state index contributed by atoms with van der Waals surface area (Å²) in [6.45, 7) is 0. The van der Waals surface area contributed by atoms with Crippen molar-refractivity contribution in [3.8, 4) is 0 Å². The Morgan fingerprint density at radius 2 is 1.05 bits per heavy atom. The first-order valence-electron chi connectivity index (χ1n) is 5.07. The zero-order valence-corrected chi connectivity index (χ0v) is 11.5. The van der Waals surface area contributed by atoms with E-state index in [0.717, 1.165) is 12.5 Å². The second-order valence-electron chi connectivity index (χ2n) is 4.48. The van der Waals surface area contributed by atoms with E-state index in [1.54, 1.807) is 0 Å². The summed E-state index contributed by atoms with van der Waals surface area (Å²) in [6.07, 6.45) is -3.73. The van der Waals surface area contributed by atoms with Crippen LogP contribution in [0, 0.1) is 0 Å². The molecule has 0 unspecified atom stereocenters. The van der Waals surface area contributed by atoms with Crippen LogP contribution in [0.15, 0.2) is 0 Å². The van der Waals surface area contributed by atoms with Gasteiger partial charge in [0, 0.05) is 0 Å². The van der Waals surface area contributed by atoms with E-state index in [9.17, 15) is 52.7 Å². The van der Waals surface area contributed by atoms with Crippen LogP contribution >= 0.6 is 10.9 Å². The predicted octanol–water partition coefficient (Wildman–Crippen LogP) is 4.96. The molecule has 0 fully saturated rings. The van der Waals surface area contributed by atoms with E-state index in [4.69, 9.17) is 0 Å². The molecule has 0 bridgehead atoms. The molecule has 0 aromatic heterocycles. The van der Waals surface area contributed by atoms with Gasteiger partial charge in [-0.2, -0.15) is 43.9 Å². The maximum Gasteiger partial charge on any atom is 0.384 e. The van der Waals surface area contributed by atoms with Crippen molar-refractivity contribution in [2.24, 2.45) is 0 Å². The van der Waals surface area contributed by atoms with Crippen LogP contribution in [0.2, 0.25) is 0 Å². The molecule has 0 aromatic rings. The topological polar surface area (TPSA) is 0 Å². The zero-order chi connectivity index (χ0) is 18.4. The summed E-state index contributed by atoms with van der Waals surface area (Å²) >= 11 is 0. The first kappa shape index (κ1) is 21.5. The molecule has 22 heavy (non-hydrogen) atoms. The molecule has 0 saturated carbocycles. The summed E-state index contributed by atoms with van der Waals surface area (Å²) in [5.74, 6) is -36.6. The average Bonchev–Trinajstić information content (AvgIpc) is 2.25. The van der Waals surface area contributed by atoms with Gasteiger partial charge in [-0.1, -0.05) is 0 Å². The molecule has 0 aromatic carbocycles. The minimum atomic E-state index is -7.41. The molecule has 13 heteroatoms.